The first kappa shape index (κ1) is 17.9. The maximum atomic E-state index is 12.8. The summed E-state index contributed by atoms with van der Waals surface area (Å²) in [5.74, 6) is -0.133. The summed E-state index contributed by atoms with van der Waals surface area (Å²) in [6.45, 7) is 3.80. The van der Waals surface area contributed by atoms with Crippen LogP contribution in [-0.2, 0) is 6.54 Å². The van der Waals surface area contributed by atoms with E-state index >= 15 is 0 Å². The van der Waals surface area contributed by atoms with Crippen molar-refractivity contribution in [2.24, 2.45) is 0 Å². The lowest BCUT2D eigenvalue weighted by Gasteiger charge is -2.34. The fraction of sp³-hybridized carbons (Fsp3) is 0.421. The molecule has 27 heavy (non-hydrogen) atoms. The van der Waals surface area contributed by atoms with Crippen LogP contribution in [0.25, 0.3) is 0 Å². The Morgan fingerprint density at radius 2 is 2.00 bits per heavy atom. The number of nitrogens with one attached hydrogen (secondary N) is 1. The summed E-state index contributed by atoms with van der Waals surface area (Å²) >= 11 is 1.69. The summed E-state index contributed by atoms with van der Waals surface area (Å²) in [7, 11) is 0. The van der Waals surface area contributed by atoms with Gasteiger partial charge in [0, 0.05) is 50.4 Å². The van der Waals surface area contributed by atoms with Gasteiger partial charge in [-0.2, -0.15) is 11.3 Å². The zero-order valence-corrected chi connectivity index (χ0v) is 15.8. The van der Waals surface area contributed by atoms with Crippen LogP contribution in [0.15, 0.2) is 35.0 Å². The zero-order chi connectivity index (χ0) is 18.8. The highest BCUT2D eigenvalue weighted by atomic mass is 32.1. The number of amides is 1. The molecule has 1 saturated carbocycles. The van der Waals surface area contributed by atoms with E-state index in [1.165, 1.54) is 11.6 Å². The van der Waals surface area contributed by atoms with Crippen molar-refractivity contribution in [1.29, 1.82) is 0 Å². The van der Waals surface area contributed by atoms with Crippen molar-refractivity contribution in [2.45, 2.75) is 25.4 Å². The van der Waals surface area contributed by atoms with Crippen LogP contribution in [0.4, 0.5) is 11.4 Å². The molecule has 1 aromatic heterocycles. The molecule has 2 aromatic rings. The van der Waals surface area contributed by atoms with Gasteiger partial charge in [-0.25, -0.2) is 0 Å². The molecular weight excluding hydrogens is 364 g/mol. The Hall–Kier alpha value is -2.45. The van der Waals surface area contributed by atoms with Gasteiger partial charge in [0.15, 0.2) is 0 Å². The second-order valence-corrected chi connectivity index (χ2v) is 7.89. The number of thiophene rings is 1. The molecule has 0 unspecified atom stereocenters. The number of rotatable bonds is 6. The molecule has 1 aliphatic carbocycles. The monoisotopic (exact) mass is 386 g/mol. The molecule has 1 N–H and O–H groups in total. The molecule has 2 aliphatic rings. The van der Waals surface area contributed by atoms with Gasteiger partial charge in [-0.1, -0.05) is 0 Å². The highest BCUT2D eigenvalue weighted by Gasteiger charge is 2.27. The minimum absolute atomic E-state index is 0.0242. The highest BCUT2D eigenvalue weighted by molar-refractivity contribution is 7.07. The molecule has 2 heterocycles. The zero-order valence-electron chi connectivity index (χ0n) is 15.0. The van der Waals surface area contributed by atoms with Crippen LogP contribution in [0.5, 0.6) is 0 Å². The molecule has 2 fully saturated rings. The third-order valence-corrected chi connectivity index (χ3v) is 5.76. The van der Waals surface area contributed by atoms with E-state index in [0.29, 0.717) is 30.4 Å². The lowest BCUT2D eigenvalue weighted by molar-refractivity contribution is -0.384. The number of nitrogens with zero attached hydrogens (tertiary/aromatic N) is 3. The predicted octanol–water partition coefficient (Wildman–Crippen LogP) is 3.19. The van der Waals surface area contributed by atoms with Crippen LogP contribution in [0.2, 0.25) is 0 Å². The number of hydrogen-bond donors (Lipinski definition) is 1. The van der Waals surface area contributed by atoms with E-state index in [-0.39, 0.29) is 11.6 Å². The highest BCUT2D eigenvalue weighted by Crippen LogP contribution is 2.32. The van der Waals surface area contributed by atoms with Crippen LogP contribution in [-0.4, -0.2) is 52.9 Å². The van der Waals surface area contributed by atoms with E-state index in [2.05, 4.69) is 27.0 Å². The first-order chi connectivity index (χ1) is 13.1. The minimum atomic E-state index is -0.416. The molecular formula is C19H22N4O3S. The van der Waals surface area contributed by atoms with E-state index in [1.807, 2.05) is 0 Å². The summed E-state index contributed by atoms with van der Waals surface area (Å²) in [5, 5.41) is 18.8. The van der Waals surface area contributed by atoms with Crippen molar-refractivity contribution in [3.63, 3.8) is 0 Å². The second kappa shape index (κ2) is 7.66. The largest absolute Gasteiger partial charge is 0.377 e. The maximum Gasteiger partial charge on any atom is 0.293 e. The van der Waals surface area contributed by atoms with Crippen molar-refractivity contribution >= 4 is 28.6 Å². The normalized spacial score (nSPS) is 17.7. The van der Waals surface area contributed by atoms with Gasteiger partial charge < -0.3 is 10.2 Å². The maximum absolute atomic E-state index is 12.8. The molecule has 0 bridgehead atoms. The van der Waals surface area contributed by atoms with Crippen LogP contribution in [0.3, 0.4) is 0 Å². The van der Waals surface area contributed by atoms with Crippen LogP contribution in [0.1, 0.15) is 28.8 Å². The average Bonchev–Trinajstić information content (AvgIpc) is 3.34. The van der Waals surface area contributed by atoms with Gasteiger partial charge in [-0.3, -0.25) is 19.8 Å². The number of carbonyl (C=O) groups excluding carboxylic acids is 1. The smallest absolute Gasteiger partial charge is 0.293 e. The average molecular weight is 386 g/mol. The Morgan fingerprint density at radius 1 is 1.22 bits per heavy atom. The number of anilines is 1. The lowest BCUT2D eigenvalue weighted by Crippen LogP contribution is -2.48. The summed E-state index contributed by atoms with van der Waals surface area (Å²) in [6.07, 6.45) is 2.07. The van der Waals surface area contributed by atoms with Crippen molar-refractivity contribution in [3.05, 3.63) is 56.3 Å². The van der Waals surface area contributed by atoms with Gasteiger partial charge in [0.05, 0.1) is 4.92 Å². The Labute approximate surface area is 161 Å². The van der Waals surface area contributed by atoms with Crippen molar-refractivity contribution in [2.75, 3.05) is 31.5 Å². The summed E-state index contributed by atoms with van der Waals surface area (Å²) in [4.78, 5) is 27.9. The van der Waals surface area contributed by atoms with Gasteiger partial charge in [0.25, 0.3) is 11.6 Å². The predicted molar refractivity (Wildman–Crippen MR) is 105 cm³/mol. The van der Waals surface area contributed by atoms with Crippen LogP contribution >= 0.6 is 11.3 Å². The van der Waals surface area contributed by atoms with Gasteiger partial charge in [0.1, 0.15) is 5.69 Å². The first-order valence-electron chi connectivity index (χ1n) is 9.18. The van der Waals surface area contributed by atoms with Crippen LogP contribution in [0, 0.1) is 10.1 Å². The molecule has 142 valence electrons. The van der Waals surface area contributed by atoms with Crippen LogP contribution < -0.4 is 5.32 Å². The number of hydrogen-bond acceptors (Lipinski definition) is 6. The molecule has 0 radical (unpaired) electrons. The molecule has 0 spiro atoms. The van der Waals surface area contributed by atoms with E-state index < -0.39 is 4.92 Å². The number of nitro benzene ring substituents is 1. The quantitative estimate of drug-likeness (QED) is 0.609. The Kier molecular flexibility index (Phi) is 5.09. The van der Waals surface area contributed by atoms with E-state index in [9.17, 15) is 14.9 Å². The van der Waals surface area contributed by atoms with Gasteiger partial charge >= 0.3 is 0 Å². The number of piperazine rings is 1. The fourth-order valence-corrected chi connectivity index (χ4v) is 3.98. The molecule has 1 aliphatic heterocycles. The first-order valence-corrected chi connectivity index (χ1v) is 10.1. The Morgan fingerprint density at radius 3 is 2.63 bits per heavy atom. The van der Waals surface area contributed by atoms with Crippen molar-refractivity contribution < 1.29 is 9.72 Å². The number of benzene rings is 1. The summed E-state index contributed by atoms with van der Waals surface area (Å²) in [5.41, 5.74) is 2.16. The van der Waals surface area contributed by atoms with Crippen molar-refractivity contribution in [3.8, 4) is 0 Å². The molecule has 1 aromatic carbocycles. The Bertz CT molecular complexity index is 827. The van der Waals surface area contributed by atoms with Crippen molar-refractivity contribution in [1.82, 2.24) is 9.80 Å². The Balaban J connectivity index is 1.40. The number of carbonyl (C=O) groups is 1. The molecule has 1 amide bonds. The van der Waals surface area contributed by atoms with E-state index in [4.69, 9.17) is 0 Å². The van der Waals surface area contributed by atoms with E-state index in [1.54, 1.807) is 28.4 Å². The summed E-state index contributed by atoms with van der Waals surface area (Å²) in [6, 6.07) is 7.21. The molecule has 4 rings (SSSR count). The second-order valence-electron chi connectivity index (χ2n) is 7.11. The number of nitro groups is 1. The molecule has 0 atom stereocenters. The molecule has 8 heteroatoms. The molecule has 7 nitrogen and oxygen atoms in total. The topological polar surface area (TPSA) is 78.7 Å². The van der Waals surface area contributed by atoms with E-state index in [0.717, 1.165) is 32.5 Å². The fourth-order valence-electron chi connectivity index (χ4n) is 3.32. The van der Waals surface area contributed by atoms with Gasteiger partial charge in [-0.15, -0.1) is 0 Å². The SMILES string of the molecule is O=C(c1ccc(NC2CC2)c([N+](=O)[O-])c1)N1CCN(Cc2ccsc2)CC1. The summed E-state index contributed by atoms with van der Waals surface area (Å²) < 4.78 is 0. The van der Waals surface area contributed by atoms with Gasteiger partial charge in [0.2, 0.25) is 0 Å². The van der Waals surface area contributed by atoms with Gasteiger partial charge in [-0.05, 0) is 47.4 Å². The lowest BCUT2D eigenvalue weighted by atomic mass is 10.1. The third-order valence-electron chi connectivity index (χ3n) is 5.02. The standard InChI is InChI=1S/C19H22N4O3S/c24-19(22-8-6-21(7-9-22)12-14-5-10-27-13-14)15-1-4-17(20-16-2-3-16)18(11-15)23(25)26/h1,4-5,10-11,13,16,20H,2-3,6-9,12H2. The minimum Gasteiger partial charge on any atom is -0.377 e. The molecule has 1 saturated heterocycles. The third kappa shape index (κ3) is 4.28.